The van der Waals surface area contributed by atoms with Crippen LogP contribution in [0.15, 0.2) is 0 Å². The van der Waals surface area contributed by atoms with Gasteiger partial charge in [0.25, 0.3) is 0 Å². The summed E-state index contributed by atoms with van der Waals surface area (Å²) in [4.78, 5) is 14.7. The molecule has 1 aliphatic heterocycles. The monoisotopic (exact) mass is 267 g/mol. The first kappa shape index (κ1) is 14.8. The number of hydrogen-bond donors (Lipinski definition) is 2. The number of carbonyl (C=O) groups is 1. The molecule has 0 aromatic heterocycles. The van der Waals surface area contributed by atoms with E-state index in [0.717, 1.165) is 38.9 Å². The highest BCUT2D eigenvalue weighted by molar-refractivity contribution is 5.79. The molecular weight excluding hydrogens is 238 g/mol. The second-order valence-corrected chi connectivity index (χ2v) is 6.45. The predicted molar refractivity (Wildman–Crippen MR) is 77.7 cm³/mol. The quantitative estimate of drug-likeness (QED) is 0.805. The van der Waals surface area contributed by atoms with Crippen molar-refractivity contribution < 1.29 is 4.79 Å². The van der Waals surface area contributed by atoms with E-state index in [-0.39, 0.29) is 11.8 Å². The molecule has 2 rings (SSSR count). The Labute approximate surface area is 117 Å². The molecule has 4 heteroatoms. The SMILES string of the molecule is CCN1CCC(CNC(=O)C2CCC(N)CC2C)C1. The molecule has 0 aromatic rings. The Balaban J connectivity index is 1.72. The summed E-state index contributed by atoms with van der Waals surface area (Å²) in [5.74, 6) is 1.52. The van der Waals surface area contributed by atoms with Crippen molar-refractivity contribution in [2.75, 3.05) is 26.2 Å². The second-order valence-electron chi connectivity index (χ2n) is 6.45. The number of likely N-dealkylation sites (tertiary alicyclic amines) is 1. The summed E-state index contributed by atoms with van der Waals surface area (Å²) < 4.78 is 0. The Kier molecular flexibility index (Phi) is 5.22. The van der Waals surface area contributed by atoms with Crippen LogP contribution in [0.4, 0.5) is 0 Å². The molecule has 1 amide bonds. The van der Waals surface area contributed by atoms with Gasteiger partial charge in [-0.1, -0.05) is 13.8 Å². The minimum atomic E-state index is 0.184. The third-order valence-corrected chi connectivity index (χ3v) is 4.93. The summed E-state index contributed by atoms with van der Waals surface area (Å²) >= 11 is 0. The summed E-state index contributed by atoms with van der Waals surface area (Å²) in [6.45, 7) is 8.67. The maximum atomic E-state index is 12.3. The van der Waals surface area contributed by atoms with Gasteiger partial charge in [0.1, 0.15) is 0 Å². The Hall–Kier alpha value is -0.610. The molecular formula is C15H29N3O. The number of rotatable bonds is 4. The molecule has 1 aliphatic carbocycles. The fourth-order valence-electron chi connectivity index (χ4n) is 3.57. The standard InChI is InChI=1S/C15H29N3O/c1-3-18-7-6-12(10-18)9-17-15(19)14-5-4-13(16)8-11(14)2/h11-14H,3-10,16H2,1-2H3,(H,17,19). The molecule has 3 N–H and O–H groups in total. The lowest BCUT2D eigenvalue weighted by molar-refractivity contribution is -0.127. The van der Waals surface area contributed by atoms with Gasteiger partial charge in [0, 0.05) is 25.0 Å². The van der Waals surface area contributed by atoms with Crippen LogP contribution in [0.25, 0.3) is 0 Å². The fourth-order valence-corrected chi connectivity index (χ4v) is 3.57. The van der Waals surface area contributed by atoms with Gasteiger partial charge < -0.3 is 16.0 Å². The van der Waals surface area contributed by atoms with E-state index >= 15 is 0 Å². The highest BCUT2D eigenvalue weighted by Gasteiger charge is 2.31. The minimum absolute atomic E-state index is 0.184. The normalized spacial score (nSPS) is 36.4. The molecule has 19 heavy (non-hydrogen) atoms. The van der Waals surface area contributed by atoms with Crippen molar-refractivity contribution in [3.63, 3.8) is 0 Å². The molecule has 2 fully saturated rings. The Morgan fingerprint density at radius 1 is 1.37 bits per heavy atom. The summed E-state index contributed by atoms with van der Waals surface area (Å²) in [5.41, 5.74) is 5.95. The third-order valence-electron chi connectivity index (χ3n) is 4.93. The first-order valence-electron chi connectivity index (χ1n) is 7.85. The van der Waals surface area contributed by atoms with Gasteiger partial charge in [-0.25, -0.2) is 0 Å². The van der Waals surface area contributed by atoms with E-state index in [1.165, 1.54) is 13.0 Å². The second kappa shape index (κ2) is 6.71. The Morgan fingerprint density at radius 2 is 2.16 bits per heavy atom. The molecule has 1 saturated heterocycles. The van der Waals surface area contributed by atoms with Crippen molar-refractivity contribution in [3.05, 3.63) is 0 Å². The predicted octanol–water partition coefficient (Wildman–Crippen LogP) is 1.21. The number of carbonyl (C=O) groups excluding carboxylic acids is 1. The zero-order valence-electron chi connectivity index (χ0n) is 12.4. The average molecular weight is 267 g/mol. The van der Waals surface area contributed by atoms with Gasteiger partial charge >= 0.3 is 0 Å². The van der Waals surface area contributed by atoms with Crippen LogP contribution >= 0.6 is 0 Å². The maximum Gasteiger partial charge on any atom is 0.223 e. The number of nitrogens with two attached hydrogens (primary N) is 1. The van der Waals surface area contributed by atoms with Gasteiger partial charge in [-0.3, -0.25) is 4.79 Å². The minimum Gasteiger partial charge on any atom is -0.356 e. The van der Waals surface area contributed by atoms with E-state index < -0.39 is 0 Å². The van der Waals surface area contributed by atoms with Crippen LogP contribution in [0.3, 0.4) is 0 Å². The topological polar surface area (TPSA) is 58.4 Å². The van der Waals surface area contributed by atoms with Gasteiger partial charge in [-0.15, -0.1) is 0 Å². The van der Waals surface area contributed by atoms with Crippen LogP contribution in [0.1, 0.15) is 39.5 Å². The highest BCUT2D eigenvalue weighted by atomic mass is 16.1. The van der Waals surface area contributed by atoms with E-state index in [1.807, 2.05) is 0 Å². The van der Waals surface area contributed by atoms with Crippen molar-refractivity contribution in [1.29, 1.82) is 0 Å². The zero-order chi connectivity index (χ0) is 13.8. The molecule has 0 bridgehead atoms. The molecule has 4 atom stereocenters. The van der Waals surface area contributed by atoms with Crippen LogP contribution in [0.2, 0.25) is 0 Å². The van der Waals surface area contributed by atoms with Gasteiger partial charge in [0.2, 0.25) is 5.91 Å². The van der Waals surface area contributed by atoms with Crippen molar-refractivity contribution >= 4 is 5.91 Å². The van der Waals surface area contributed by atoms with E-state index in [4.69, 9.17) is 5.73 Å². The Morgan fingerprint density at radius 3 is 2.79 bits per heavy atom. The lowest BCUT2D eigenvalue weighted by Gasteiger charge is -2.31. The van der Waals surface area contributed by atoms with Gasteiger partial charge in [-0.05, 0) is 50.6 Å². The highest BCUT2D eigenvalue weighted by Crippen LogP contribution is 2.29. The van der Waals surface area contributed by atoms with Crippen LogP contribution < -0.4 is 11.1 Å². The van der Waals surface area contributed by atoms with Crippen LogP contribution in [0, 0.1) is 17.8 Å². The van der Waals surface area contributed by atoms with Crippen molar-refractivity contribution in [1.82, 2.24) is 10.2 Å². The summed E-state index contributed by atoms with van der Waals surface area (Å²) in [5, 5.41) is 3.18. The lowest BCUT2D eigenvalue weighted by Crippen LogP contribution is -2.42. The fraction of sp³-hybridized carbons (Fsp3) is 0.933. The smallest absolute Gasteiger partial charge is 0.223 e. The molecule has 0 spiro atoms. The Bertz CT molecular complexity index is 308. The van der Waals surface area contributed by atoms with E-state index in [0.29, 0.717) is 17.9 Å². The largest absolute Gasteiger partial charge is 0.356 e. The zero-order valence-corrected chi connectivity index (χ0v) is 12.4. The first-order chi connectivity index (χ1) is 9.10. The average Bonchev–Trinajstić information content (AvgIpc) is 2.84. The number of amides is 1. The molecule has 110 valence electrons. The van der Waals surface area contributed by atoms with Crippen LogP contribution in [0.5, 0.6) is 0 Å². The van der Waals surface area contributed by atoms with Gasteiger partial charge in [-0.2, -0.15) is 0 Å². The van der Waals surface area contributed by atoms with Crippen molar-refractivity contribution in [2.24, 2.45) is 23.5 Å². The van der Waals surface area contributed by atoms with Gasteiger partial charge in [0.05, 0.1) is 0 Å². The van der Waals surface area contributed by atoms with Gasteiger partial charge in [0.15, 0.2) is 0 Å². The molecule has 4 unspecified atom stereocenters. The van der Waals surface area contributed by atoms with Crippen LogP contribution in [-0.4, -0.2) is 43.0 Å². The molecule has 0 aromatic carbocycles. The summed E-state index contributed by atoms with van der Waals surface area (Å²) in [6, 6.07) is 0.298. The maximum absolute atomic E-state index is 12.3. The van der Waals surface area contributed by atoms with Crippen molar-refractivity contribution in [3.8, 4) is 0 Å². The first-order valence-corrected chi connectivity index (χ1v) is 7.85. The van der Waals surface area contributed by atoms with Crippen LogP contribution in [-0.2, 0) is 4.79 Å². The molecule has 4 nitrogen and oxygen atoms in total. The molecule has 1 saturated carbocycles. The van der Waals surface area contributed by atoms with E-state index in [1.54, 1.807) is 0 Å². The summed E-state index contributed by atoms with van der Waals surface area (Å²) in [6.07, 6.45) is 4.17. The van der Waals surface area contributed by atoms with E-state index in [2.05, 4.69) is 24.1 Å². The number of hydrogen-bond acceptors (Lipinski definition) is 3. The molecule has 2 aliphatic rings. The third kappa shape index (κ3) is 3.93. The molecule has 0 radical (unpaired) electrons. The lowest BCUT2D eigenvalue weighted by atomic mass is 9.77. The molecule has 1 heterocycles. The van der Waals surface area contributed by atoms with Crippen molar-refractivity contribution in [2.45, 2.75) is 45.6 Å². The number of nitrogens with one attached hydrogen (secondary N) is 1. The summed E-state index contributed by atoms with van der Waals surface area (Å²) in [7, 11) is 0. The number of nitrogens with zero attached hydrogens (tertiary/aromatic N) is 1. The van der Waals surface area contributed by atoms with E-state index in [9.17, 15) is 4.79 Å².